The third-order valence-electron chi connectivity index (χ3n) is 3.59. The lowest BCUT2D eigenvalue weighted by atomic mass is 10.1. The van der Waals surface area contributed by atoms with Gasteiger partial charge in [0.25, 0.3) is 0 Å². The fourth-order valence-electron chi connectivity index (χ4n) is 2.13. The molecule has 2 unspecified atom stereocenters. The molecule has 3 atom stereocenters. The lowest BCUT2D eigenvalue weighted by Gasteiger charge is -2.25. The second-order valence-corrected chi connectivity index (χ2v) is 12.2. The molecule has 1 rings (SSSR count). The third kappa shape index (κ3) is 11.1. The van der Waals surface area contributed by atoms with E-state index in [9.17, 15) is 0 Å². The molecule has 0 aliphatic carbocycles. The highest BCUT2D eigenvalue weighted by atomic mass is 32.2. The molecule has 1 aliphatic heterocycles. The summed E-state index contributed by atoms with van der Waals surface area (Å²) in [6, 6.07) is 0.634. The first kappa shape index (κ1) is 20.8. The van der Waals surface area contributed by atoms with Gasteiger partial charge in [-0.2, -0.15) is 47.0 Å². The molecule has 21 heavy (non-hydrogen) atoms. The van der Waals surface area contributed by atoms with Crippen LogP contribution in [0.2, 0.25) is 0 Å². The maximum absolute atomic E-state index is 3.40. The Balaban J connectivity index is 2.40. The highest BCUT2D eigenvalue weighted by Gasteiger charge is 2.18. The maximum Gasteiger partial charge on any atom is 0.0280 e. The van der Waals surface area contributed by atoms with Crippen molar-refractivity contribution in [3.8, 4) is 0 Å². The van der Waals surface area contributed by atoms with Crippen LogP contribution in [-0.4, -0.2) is 50.6 Å². The minimum atomic E-state index is 0.459. The molecule has 1 fully saturated rings. The summed E-state index contributed by atoms with van der Waals surface area (Å²) in [5.41, 5.74) is 0. The van der Waals surface area contributed by atoms with E-state index in [2.05, 4.69) is 82.3 Å². The predicted molar refractivity (Wildman–Crippen MR) is 114 cm³/mol. The van der Waals surface area contributed by atoms with Gasteiger partial charge >= 0.3 is 0 Å². The first-order valence-electron chi connectivity index (χ1n) is 7.90. The summed E-state index contributed by atoms with van der Waals surface area (Å²) in [6.07, 6.45) is 4.07. The van der Waals surface area contributed by atoms with Gasteiger partial charge in [-0.1, -0.05) is 30.2 Å². The second kappa shape index (κ2) is 12.2. The summed E-state index contributed by atoms with van der Waals surface area (Å²) in [5, 5.41) is 4.18. The topological polar surface area (TPSA) is 12.0 Å². The fraction of sp³-hybridized carbons (Fsp3) is 1.00. The predicted octanol–water partition coefficient (Wildman–Crippen LogP) is 5.02. The quantitative estimate of drug-likeness (QED) is 0.634. The zero-order chi connectivity index (χ0) is 15.6. The molecule has 0 aromatic carbocycles. The molecule has 0 spiro atoms. The summed E-state index contributed by atoms with van der Waals surface area (Å²) in [6.45, 7) is 7.24. The van der Waals surface area contributed by atoms with Crippen molar-refractivity contribution in [1.82, 2.24) is 5.09 Å². The Kier molecular flexibility index (Phi) is 12.1. The van der Waals surface area contributed by atoms with E-state index in [0.29, 0.717) is 10.8 Å². The van der Waals surface area contributed by atoms with Gasteiger partial charge in [-0.05, 0) is 30.8 Å². The van der Waals surface area contributed by atoms with Crippen molar-refractivity contribution in [3.63, 3.8) is 0 Å². The standard InChI is InChI=1S/C15H32NPS4/c1-13-5-8-21-15(2,3)6-4-7-18-9-10-19-11-14(16-17)12-20-13/h13-14,16H,4-12,17H2,1-3H3/t13-,14?/m0/s1. The summed E-state index contributed by atoms with van der Waals surface area (Å²) in [7, 11) is 2.71. The van der Waals surface area contributed by atoms with Crippen molar-refractivity contribution >= 4 is 56.4 Å². The van der Waals surface area contributed by atoms with E-state index in [1.54, 1.807) is 0 Å². The van der Waals surface area contributed by atoms with Crippen LogP contribution in [0, 0.1) is 0 Å². The fourth-order valence-corrected chi connectivity index (χ4v) is 7.54. The van der Waals surface area contributed by atoms with Gasteiger partial charge < -0.3 is 0 Å². The summed E-state index contributed by atoms with van der Waals surface area (Å²) < 4.78 is 0.459. The molecule has 0 aromatic rings. The smallest absolute Gasteiger partial charge is 0.0280 e. The van der Waals surface area contributed by atoms with Gasteiger partial charge in [-0.3, -0.25) is 5.09 Å². The van der Waals surface area contributed by atoms with E-state index >= 15 is 0 Å². The first-order valence-corrected chi connectivity index (χ1v) is 12.8. The lowest BCUT2D eigenvalue weighted by Crippen LogP contribution is -2.27. The number of nitrogens with one attached hydrogen (secondary N) is 1. The van der Waals surface area contributed by atoms with Crippen molar-refractivity contribution in [2.45, 2.75) is 56.1 Å². The molecule has 1 N–H and O–H groups in total. The minimum absolute atomic E-state index is 0.459. The Morgan fingerprint density at radius 3 is 2.57 bits per heavy atom. The summed E-state index contributed by atoms with van der Waals surface area (Å²) in [4.78, 5) is 0. The van der Waals surface area contributed by atoms with Crippen LogP contribution in [-0.2, 0) is 0 Å². The van der Waals surface area contributed by atoms with Crippen molar-refractivity contribution in [2.75, 3.05) is 34.5 Å². The van der Waals surface area contributed by atoms with Gasteiger partial charge in [0.15, 0.2) is 0 Å². The molecule has 6 heteroatoms. The Labute approximate surface area is 151 Å². The van der Waals surface area contributed by atoms with Crippen LogP contribution in [0.1, 0.15) is 40.0 Å². The normalized spacial score (nSPS) is 30.9. The summed E-state index contributed by atoms with van der Waals surface area (Å²) >= 11 is 8.56. The van der Waals surface area contributed by atoms with Crippen LogP contribution < -0.4 is 5.09 Å². The van der Waals surface area contributed by atoms with E-state index in [1.165, 1.54) is 53.8 Å². The van der Waals surface area contributed by atoms with Crippen molar-refractivity contribution in [2.24, 2.45) is 0 Å². The molecule has 1 heterocycles. The van der Waals surface area contributed by atoms with E-state index in [0.717, 1.165) is 5.25 Å². The Hall–Kier alpha value is 1.79. The molecular weight excluding hydrogens is 353 g/mol. The average molecular weight is 386 g/mol. The molecule has 0 saturated carbocycles. The SMILES string of the molecule is C[C@H]1CCSC(C)(C)CCCSCCSCC(NP)CS1. The molecule has 0 aromatic heterocycles. The van der Waals surface area contributed by atoms with E-state index in [1.807, 2.05) is 0 Å². The van der Waals surface area contributed by atoms with Crippen LogP contribution in [0.4, 0.5) is 0 Å². The van der Waals surface area contributed by atoms with Crippen molar-refractivity contribution in [3.05, 3.63) is 0 Å². The van der Waals surface area contributed by atoms with E-state index in [-0.39, 0.29) is 0 Å². The number of rotatable bonds is 1. The molecule has 0 bridgehead atoms. The Morgan fingerprint density at radius 1 is 1.05 bits per heavy atom. The van der Waals surface area contributed by atoms with Gasteiger partial charge in [-0.15, -0.1) is 0 Å². The van der Waals surface area contributed by atoms with Crippen molar-refractivity contribution < 1.29 is 0 Å². The minimum Gasteiger partial charge on any atom is -0.296 e. The summed E-state index contributed by atoms with van der Waals surface area (Å²) in [5.74, 6) is 7.73. The van der Waals surface area contributed by atoms with Gasteiger partial charge in [0.2, 0.25) is 0 Å². The zero-order valence-electron chi connectivity index (χ0n) is 13.7. The van der Waals surface area contributed by atoms with Crippen LogP contribution in [0.25, 0.3) is 0 Å². The van der Waals surface area contributed by atoms with Crippen molar-refractivity contribution in [1.29, 1.82) is 0 Å². The number of hydrogen-bond acceptors (Lipinski definition) is 5. The highest BCUT2D eigenvalue weighted by Crippen LogP contribution is 2.32. The van der Waals surface area contributed by atoms with Gasteiger partial charge in [0.05, 0.1) is 0 Å². The van der Waals surface area contributed by atoms with E-state index in [4.69, 9.17) is 0 Å². The molecule has 1 saturated heterocycles. The number of hydrogen-bond donors (Lipinski definition) is 1. The Bertz CT molecular complexity index is 266. The molecule has 0 amide bonds. The van der Waals surface area contributed by atoms with Gasteiger partial charge in [0.1, 0.15) is 0 Å². The van der Waals surface area contributed by atoms with Crippen LogP contribution in [0.3, 0.4) is 0 Å². The Morgan fingerprint density at radius 2 is 1.81 bits per heavy atom. The molecule has 1 aliphatic rings. The zero-order valence-corrected chi connectivity index (χ0v) is 18.1. The highest BCUT2D eigenvalue weighted by molar-refractivity contribution is 8.03. The lowest BCUT2D eigenvalue weighted by molar-refractivity contribution is 0.629. The second-order valence-electron chi connectivity index (χ2n) is 6.20. The van der Waals surface area contributed by atoms with E-state index < -0.39 is 0 Å². The largest absolute Gasteiger partial charge is 0.296 e. The van der Waals surface area contributed by atoms with Crippen LogP contribution >= 0.6 is 56.4 Å². The molecule has 1 nitrogen and oxygen atoms in total. The van der Waals surface area contributed by atoms with Gasteiger partial charge in [0, 0.05) is 39.1 Å². The molecular formula is C15H32NPS4. The monoisotopic (exact) mass is 385 g/mol. The van der Waals surface area contributed by atoms with Crippen LogP contribution in [0.5, 0.6) is 0 Å². The van der Waals surface area contributed by atoms with Crippen LogP contribution in [0.15, 0.2) is 0 Å². The first-order chi connectivity index (χ1) is 10.0. The maximum atomic E-state index is 3.40. The number of thioether (sulfide) groups is 4. The molecule has 0 radical (unpaired) electrons. The van der Waals surface area contributed by atoms with Gasteiger partial charge in [-0.25, -0.2) is 0 Å². The molecule has 126 valence electrons. The third-order valence-corrected chi connectivity index (χ3v) is 9.35. The average Bonchev–Trinajstić information content (AvgIpc) is 2.43.